The van der Waals surface area contributed by atoms with Crippen LogP contribution in [0.15, 0.2) is 54.9 Å². The number of fused-ring (bicyclic) bond motifs is 1. The second-order valence-electron chi connectivity index (χ2n) is 12.9. The number of aromatic nitrogens is 5. The van der Waals surface area contributed by atoms with Crippen LogP contribution >= 0.6 is 23.2 Å². The molecule has 0 atom stereocenters. The van der Waals surface area contributed by atoms with Crippen molar-refractivity contribution in [1.29, 1.82) is 0 Å². The zero-order valence-electron chi connectivity index (χ0n) is 26.8. The van der Waals surface area contributed by atoms with E-state index in [-0.39, 0.29) is 11.5 Å². The van der Waals surface area contributed by atoms with Gasteiger partial charge in [-0.1, -0.05) is 61.3 Å². The first-order chi connectivity index (χ1) is 22.7. The number of nitrogens with one attached hydrogen (secondary N) is 1. The Bertz CT molecular complexity index is 1950. The van der Waals surface area contributed by atoms with Crippen LogP contribution < -0.4 is 14.8 Å². The molecule has 47 heavy (non-hydrogen) atoms. The summed E-state index contributed by atoms with van der Waals surface area (Å²) in [6, 6.07) is 13.9. The molecule has 2 N–H and O–H groups in total. The first kappa shape index (κ1) is 31.8. The minimum absolute atomic E-state index is 0.150. The van der Waals surface area contributed by atoms with Crippen molar-refractivity contribution in [2.24, 2.45) is 5.41 Å². The molecule has 0 radical (unpaired) electrons. The van der Waals surface area contributed by atoms with Gasteiger partial charge < -0.3 is 19.9 Å². The fraction of sp³-hybridized carbons (Fsp3) is 0.371. The molecule has 7 rings (SSSR count). The minimum Gasteiger partial charge on any atom is -0.493 e. The van der Waals surface area contributed by atoms with Crippen molar-refractivity contribution >= 4 is 28.8 Å². The van der Waals surface area contributed by atoms with Crippen molar-refractivity contribution in [3.8, 4) is 45.3 Å². The van der Waals surface area contributed by atoms with E-state index in [9.17, 15) is 5.11 Å². The number of halogens is 2. The SMILES string of the molecule is COc1nc(-c2cccc(-c3ccnc(-c4cc(OC)c5nc(CN6CC7(CC(O)C7)C6)nn5c4)c3Cl)c2Cl)ccc1CNC(C)C. The number of methoxy groups -OCH3 is 2. The lowest BCUT2D eigenvalue weighted by Gasteiger charge is -2.57. The van der Waals surface area contributed by atoms with Crippen LogP contribution in [0.5, 0.6) is 11.6 Å². The predicted molar refractivity (Wildman–Crippen MR) is 183 cm³/mol. The van der Waals surface area contributed by atoms with E-state index in [0.29, 0.717) is 63.7 Å². The summed E-state index contributed by atoms with van der Waals surface area (Å²) in [7, 11) is 3.23. The summed E-state index contributed by atoms with van der Waals surface area (Å²) in [6.07, 6.45) is 5.21. The number of aliphatic hydroxyl groups excluding tert-OH is 1. The number of benzene rings is 1. The molecule has 244 valence electrons. The molecule has 4 aromatic heterocycles. The summed E-state index contributed by atoms with van der Waals surface area (Å²) in [4.78, 5) is 16.5. The van der Waals surface area contributed by atoms with Gasteiger partial charge in [0.25, 0.3) is 0 Å². The molecule has 1 saturated heterocycles. The van der Waals surface area contributed by atoms with Crippen LogP contribution in [0.2, 0.25) is 10.0 Å². The van der Waals surface area contributed by atoms with E-state index in [2.05, 4.69) is 29.0 Å². The Morgan fingerprint density at radius 1 is 1.00 bits per heavy atom. The molecular weight excluding hydrogens is 637 g/mol. The molecule has 0 amide bonds. The fourth-order valence-electron chi connectivity index (χ4n) is 6.79. The van der Waals surface area contributed by atoms with Gasteiger partial charge in [-0.15, -0.1) is 5.10 Å². The summed E-state index contributed by atoms with van der Waals surface area (Å²) in [6.45, 7) is 7.40. The van der Waals surface area contributed by atoms with Crippen LogP contribution in [-0.2, 0) is 13.1 Å². The van der Waals surface area contributed by atoms with Crippen LogP contribution in [0, 0.1) is 5.41 Å². The first-order valence-corrected chi connectivity index (χ1v) is 16.5. The quantitative estimate of drug-likeness (QED) is 0.177. The number of nitrogens with zero attached hydrogens (tertiary/aromatic N) is 6. The molecule has 2 aliphatic rings. The maximum absolute atomic E-state index is 9.74. The molecule has 2 fully saturated rings. The van der Waals surface area contributed by atoms with Crippen molar-refractivity contribution < 1.29 is 14.6 Å². The Balaban J connectivity index is 1.19. The highest BCUT2D eigenvalue weighted by atomic mass is 35.5. The van der Waals surface area contributed by atoms with Crippen molar-refractivity contribution in [3.05, 3.63) is 76.3 Å². The average Bonchev–Trinajstić information content (AvgIpc) is 3.44. The van der Waals surface area contributed by atoms with Gasteiger partial charge in [-0.2, -0.15) is 0 Å². The van der Waals surface area contributed by atoms with E-state index in [1.165, 1.54) is 0 Å². The number of aliphatic hydroxyl groups is 1. The van der Waals surface area contributed by atoms with Gasteiger partial charge in [-0.25, -0.2) is 14.5 Å². The van der Waals surface area contributed by atoms with Crippen LogP contribution in [0.4, 0.5) is 0 Å². The van der Waals surface area contributed by atoms with E-state index < -0.39 is 0 Å². The number of hydrogen-bond acceptors (Lipinski definition) is 9. The van der Waals surface area contributed by atoms with Crippen LogP contribution in [0.1, 0.15) is 38.1 Å². The molecular formula is C35H37Cl2N7O3. The van der Waals surface area contributed by atoms with Crippen LogP contribution in [0.3, 0.4) is 0 Å². The Morgan fingerprint density at radius 3 is 2.49 bits per heavy atom. The fourth-order valence-corrected chi connectivity index (χ4v) is 7.44. The molecule has 1 spiro atoms. The molecule has 5 aromatic rings. The standard InChI is InChI=1S/C35H37Cl2N7O3/c1-20(2)39-15-21-8-9-27(40-34(21)47-4)26-7-5-6-24(30(26)36)25-10-11-38-32(31(25)37)22-12-28(46-3)33-41-29(42-44(33)16-22)17-43-18-35(19-43)13-23(45)14-35/h5-12,16,20,23,39,45H,13-15,17-19H2,1-4H3. The third kappa shape index (κ3) is 6.05. The van der Waals surface area contributed by atoms with Gasteiger partial charge in [0.15, 0.2) is 17.2 Å². The number of ether oxygens (including phenoxy) is 2. The Hall–Kier alpha value is -3.80. The monoisotopic (exact) mass is 673 g/mol. The normalized spacial score (nSPS) is 16.1. The van der Waals surface area contributed by atoms with Crippen LogP contribution in [-0.4, -0.2) is 74.0 Å². The van der Waals surface area contributed by atoms with Gasteiger partial charge in [0, 0.05) is 71.3 Å². The third-order valence-electron chi connectivity index (χ3n) is 9.04. The number of likely N-dealkylation sites (tertiary alicyclic amines) is 1. The van der Waals surface area contributed by atoms with Gasteiger partial charge in [0.05, 0.1) is 48.3 Å². The summed E-state index contributed by atoms with van der Waals surface area (Å²) < 4.78 is 13.1. The number of rotatable bonds is 10. The molecule has 1 aliphatic heterocycles. The van der Waals surface area contributed by atoms with Crippen LogP contribution in [0.25, 0.3) is 39.3 Å². The molecule has 12 heteroatoms. The Labute approximate surface area is 283 Å². The topological polar surface area (TPSA) is 110 Å². The number of hydrogen-bond donors (Lipinski definition) is 2. The van der Waals surface area contributed by atoms with Gasteiger partial charge in [0.2, 0.25) is 5.88 Å². The summed E-state index contributed by atoms with van der Waals surface area (Å²) >= 11 is 14.2. The maximum Gasteiger partial charge on any atom is 0.218 e. The van der Waals surface area contributed by atoms with E-state index in [1.807, 2.05) is 48.7 Å². The number of pyridine rings is 3. The predicted octanol–water partition coefficient (Wildman–Crippen LogP) is 6.30. The van der Waals surface area contributed by atoms with E-state index in [0.717, 1.165) is 53.7 Å². The minimum atomic E-state index is -0.150. The van der Waals surface area contributed by atoms with E-state index in [4.69, 9.17) is 47.7 Å². The Kier molecular flexibility index (Phi) is 8.57. The second-order valence-corrected chi connectivity index (χ2v) is 13.6. The van der Waals surface area contributed by atoms with E-state index >= 15 is 0 Å². The van der Waals surface area contributed by atoms with Crippen molar-refractivity contribution in [3.63, 3.8) is 0 Å². The van der Waals surface area contributed by atoms with Gasteiger partial charge in [-0.05, 0) is 31.0 Å². The molecule has 5 heterocycles. The summed E-state index contributed by atoms with van der Waals surface area (Å²) in [5, 5.41) is 18.9. The van der Waals surface area contributed by atoms with Gasteiger partial charge in [-0.3, -0.25) is 9.88 Å². The molecule has 1 saturated carbocycles. The molecule has 0 unspecified atom stereocenters. The maximum atomic E-state index is 9.74. The highest BCUT2D eigenvalue weighted by Gasteiger charge is 2.51. The molecule has 10 nitrogen and oxygen atoms in total. The van der Waals surface area contributed by atoms with E-state index in [1.54, 1.807) is 24.9 Å². The lowest BCUT2D eigenvalue weighted by atomic mass is 9.62. The smallest absolute Gasteiger partial charge is 0.218 e. The Morgan fingerprint density at radius 2 is 1.77 bits per heavy atom. The largest absolute Gasteiger partial charge is 0.493 e. The third-order valence-corrected chi connectivity index (χ3v) is 9.83. The zero-order valence-corrected chi connectivity index (χ0v) is 28.3. The highest BCUT2D eigenvalue weighted by molar-refractivity contribution is 6.39. The zero-order chi connectivity index (χ0) is 32.9. The molecule has 1 aromatic carbocycles. The van der Waals surface area contributed by atoms with Crippen molar-refractivity contribution in [2.75, 3.05) is 27.3 Å². The summed E-state index contributed by atoms with van der Waals surface area (Å²) in [5.74, 6) is 1.83. The van der Waals surface area contributed by atoms with Crippen molar-refractivity contribution in [2.45, 2.75) is 51.9 Å². The first-order valence-electron chi connectivity index (χ1n) is 15.7. The molecule has 1 aliphatic carbocycles. The van der Waals surface area contributed by atoms with Gasteiger partial charge >= 0.3 is 0 Å². The molecule has 0 bridgehead atoms. The highest BCUT2D eigenvalue weighted by Crippen LogP contribution is 2.48. The van der Waals surface area contributed by atoms with Crippen molar-refractivity contribution in [1.82, 2.24) is 34.8 Å². The lowest BCUT2D eigenvalue weighted by molar-refractivity contribution is -0.131. The second kappa shape index (κ2) is 12.7. The summed E-state index contributed by atoms with van der Waals surface area (Å²) in [5.41, 5.74) is 6.12. The average molecular weight is 675 g/mol. The lowest BCUT2D eigenvalue weighted by Crippen LogP contribution is -2.63. The van der Waals surface area contributed by atoms with Gasteiger partial charge in [0.1, 0.15) is 0 Å².